The van der Waals surface area contributed by atoms with Crippen molar-refractivity contribution in [1.29, 1.82) is 0 Å². The average molecular weight is 564 g/mol. The first-order valence-corrected chi connectivity index (χ1v) is 12.3. The van der Waals surface area contributed by atoms with E-state index in [9.17, 15) is 55.9 Å². The summed E-state index contributed by atoms with van der Waals surface area (Å²) in [7, 11) is 0. The van der Waals surface area contributed by atoms with Gasteiger partial charge in [0.05, 0.1) is 24.3 Å². The molecule has 0 amide bonds. The standard InChI is InChI=1S/C26H28O14/c27-6-12-17(31)21(35)23(37)25(39-12)15-19(33)14-10(30)5-11(8-1-3-9(29)4-2-8)38-24(14)16(20(15)34)26-22(36)18(32)13(7-28)40-26/h1-5,12-13,17-18,21-23,25-29,31-37H,6-7H2/t12-,13+,17-,18+,21+,22-,23-,25?,26?/m1/s1. The largest absolute Gasteiger partial charge is 0.508 e. The lowest BCUT2D eigenvalue weighted by Gasteiger charge is -2.40. The zero-order chi connectivity index (χ0) is 29.0. The fourth-order valence-electron chi connectivity index (χ4n) is 5.19. The smallest absolute Gasteiger partial charge is 0.197 e. The molecule has 2 fully saturated rings. The molecule has 2 saturated heterocycles. The highest BCUT2D eigenvalue weighted by Crippen LogP contribution is 2.51. The van der Waals surface area contributed by atoms with Crippen LogP contribution in [0.4, 0.5) is 0 Å². The maximum atomic E-state index is 13.4. The fourth-order valence-corrected chi connectivity index (χ4v) is 5.19. The predicted octanol–water partition coefficient (Wildman–Crippen LogP) is -1.75. The van der Waals surface area contributed by atoms with Crippen LogP contribution in [-0.2, 0) is 9.47 Å². The molecule has 2 aromatic carbocycles. The molecule has 0 radical (unpaired) electrons. The van der Waals surface area contributed by atoms with Gasteiger partial charge in [-0.15, -0.1) is 0 Å². The number of rotatable bonds is 5. The molecule has 1 aromatic heterocycles. The monoisotopic (exact) mass is 564 g/mol. The second kappa shape index (κ2) is 10.6. The molecule has 216 valence electrons. The van der Waals surface area contributed by atoms with Gasteiger partial charge in [-0.3, -0.25) is 4.79 Å². The van der Waals surface area contributed by atoms with E-state index in [-0.39, 0.29) is 11.5 Å². The Labute approximate surface area is 224 Å². The van der Waals surface area contributed by atoms with Crippen LogP contribution in [0.3, 0.4) is 0 Å². The van der Waals surface area contributed by atoms with Gasteiger partial charge in [-0.1, -0.05) is 0 Å². The van der Waals surface area contributed by atoms with E-state index in [0.29, 0.717) is 5.56 Å². The summed E-state index contributed by atoms with van der Waals surface area (Å²) < 4.78 is 17.0. The van der Waals surface area contributed by atoms with Gasteiger partial charge in [0.2, 0.25) is 0 Å². The Morgan fingerprint density at radius 2 is 1.20 bits per heavy atom. The van der Waals surface area contributed by atoms with Gasteiger partial charge in [-0.25, -0.2) is 0 Å². The van der Waals surface area contributed by atoms with Crippen LogP contribution in [0.1, 0.15) is 23.3 Å². The summed E-state index contributed by atoms with van der Waals surface area (Å²) in [4.78, 5) is 13.4. The van der Waals surface area contributed by atoms with Crippen molar-refractivity contribution in [3.05, 3.63) is 51.7 Å². The van der Waals surface area contributed by atoms with Gasteiger partial charge in [0, 0.05) is 11.6 Å². The van der Waals surface area contributed by atoms with E-state index in [4.69, 9.17) is 13.9 Å². The van der Waals surface area contributed by atoms with Crippen LogP contribution < -0.4 is 5.43 Å². The Morgan fingerprint density at radius 1 is 0.675 bits per heavy atom. The summed E-state index contributed by atoms with van der Waals surface area (Å²) in [6.07, 6.45) is -15.3. The van der Waals surface area contributed by atoms with Crippen LogP contribution in [0.15, 0.2) is 39.5 Å². The Morgan fingerprint density at radius 3 is 1.75 bits per heavy atom. The number of fused-ring (bicyclic) bond motifs is 1. The first-order valence-electron chi connectivity index (χ1n) is 12.3. The van der Waals surface area contributed by atoms with Crippen LogP contribution in [0.25, 0.3) is 22.3 Å². The molecular weight excluding hydrogens is 536 g/mol. The van der Waals surface area contributed by atoms with Gasteiger partial charge in [0.15, 0.2) is 11.0 Å². The highest BCUT2D eigenvalue weighted by molar-refractivity contribution is 5.92. The van der Waals surface area contributed by atoms with Crippen LogP contribution >= 0.6 is 0 Å². The summed E-state index contributed by atoms with van der Waals surface area (Å²) >= 11 is 0. The first kappa shape index (κ1) is 28.2. The molecule has 9 atom stereocenters. The molecule has 40 heavy (non-hydrogen) atoms. The van der Waals surface area contributed by atoms with Crippen molar-refractivity contribution in [1.82, 2.24) is 0 Å². The topological polar surface area (TPSA) is 251 Å². The van der Waals surface area contributed by atoms with Gasteiger partial charge in [-0.05, 0) is 24.3 Å². The molecule has 10 N–H and O–H groups in total. The third-order valence-corrected chi connectivity index (χ3v) is 7.35. The molecule has 2 unspecified atom stereocenters. The van der Waals surface area contributed by atoms with Crippen molar-refractivity contribution in [3.63, 3.8) is 0 Å². The number of aliphatic hydroxyl groups is 7. The highest BCUT2D eigenvalue weighted by atomic mass is 16.6. The van der Waals surface area contributed by atoms with Crippen molar-refractivity contribution in [2.75, 3.05) is 13.2 Å². The van der Waals surface area contributed by atoms with Crippen LogP contribution in [0.2, 0.25) is 0 Å². The van der Waals surface area contributed by atoms with Gasteiger partial charge in [-0.2, -0.15) is 0 Å². The van der Waals surface area contributed by atoms with Crippen molar-refractivity contribution in [2.45, 2.75) is 54.9 Å². The normalized spacial score (nSPS) is 32.5. The van der Waals surface area contributed by atoms with Crippen molar-refractivity contribution in [2.24, 2.45) is 0 Å². The number of hydrogen-bond donors (Lipinski definition) is 10. The third-order valence-electron chi connectivity index (χ3n) is 7.35. The second-order valence-electron chi connectivity index (χ2n) is 9.76. The quantitative estimate of drug-likeness (QED) is 0.165. The molecule has 14 heteroatoms. The molecule has 2 aliphatic heterocycles. The molecule has 14 nitrogen and oxygen atoms in total. The maximum absolute atomic E-state index is 13.4. The Hall–Kier alpha value is -3.31. The van der Waals surface area contributed by atoms with E-state index in [2.05, 4.69) is 0 Å². The Balaban J connectivity index is 1.80. The number of aromatic hydroxyl groups is 3. The zero-order valence-corrected chi connectivity index (χ0v) is 20.6. The predicted molar refractivity (Wildman–Crippen MR) is 132 cm³/mol. The van der Waals surface area contributed by atoms with Crippen molar-refractivity contribution >= 4 is 11.0 Å². The van der Waals surface area contributed by atoms with Gasteiger partial charge >= 0.3 is 0 Å². The fraction of sp³-hybridized carbons (Fsp3) is 0.423. The van der Waals surface area contributed by atoms with E-state index in [1.54, 1.807) is 0 Å². The Bertz CT molecular complexity index is 1450. The number of aliphatic hydroxyl groups excluding tert-OH is 7. The second-order valence-corrected chi connectivity index (χ2v) is 9.76. The lowest BCUT2D eigenvalue weighted by molar-refractivity contribution is -0.232. The molecule has 2 aliphatic rings. The van der Waals surface area contributed by atoms with Crippen molar-refractivity contribution < 1.29 is 65.0 Å². The maximum Gasteiger partial charge on any atom is 0.197 e. The van der Waals surface area contributed by atoms with E-state index < -0.39 is 107 Å². The van der Waals surface area contributed by atoms with Crippen LogP contribution in [0.5, 0.6) is 17.2 Å². The lowest BCUT2D eigenvalue weighted by Crippen LogP contribution is -2.55. The summed E-state index contributed by atoms with van der Waals surface area (Å²) in [6, 6.07) is 6.50. The molecule has 3 aromatic rings. The minimum atomic E-state index is -1.98. The third kappa shape index (κ3) is 4.39. The lowest BCUT2D eigenvalue weighted by atomic mass is 9.87. The van der Waals surface area contributed by atoms with Gasteiger partial charge < -0.3 is 65.0 Å². The highest BCUT2D eigenvalue weighted by Gasteiger charge is 2.49. The minimum absolute atomic E-state index is 0.0708. The molecule has 3 heterocycles. The van der Waals surface area contributed by atoms with Gasteiger partial charge in [0.25, 0.3) is 0 Å². The summed E-state index contributed by atoms with van der Waals surface area (Å²) in [5.74, 6) is -2.00. The van der Waals surface area contributed by atoms with Gasteiger partial charge in [0.1, 0.15) is 83.3 Å². The number of ether oxygens (including phenoxy) is 2. The molecule has 0 aliphatic carbocycles. The first-order chi connectivity index (χ1) is 19.0. The summed E-state index contributed by atoms with van der Waals surface area (Å²) in [5, 5.41) is 103. The molecule has 0 bridgehead atoms. The number of hydrogen-bond acceptors (Lipinski definition) is 14. The van der Waals surface area contributed by atoms with E-state index in [1.165, 1.54) is 24.3 Å². The van der Waals surface area contributed by atoms with E-state index in [0.717, 1.165) is 6.07 Å². The molecule has 0 spiro atoms. The average Bonchev–Trinajstić information content (AvgIpc) is 3.21. The number of phenols is 3. The molecule has 5 rings (SSSR count). The summed E-state index contributed by atoms with van der Waals surface area (Å²) in [5.41, 5.74) is -2.14. The van der Waals surface area contributed by atoms with Crippen molar-refractivity contribution in [3.8, 4) is 28.6 Å². The summed E-state index contributed by atoms with van der Waals surface area (Å²) in [6.45, 7) is -1.55. The van der Waals surface area contributed by atoms with Crippen LogP contribution in [-0.4, -0.2) is 107 Å². The van der Waals surface area contributed by atoms with E-state index >= 15 is 0 Å². The Kier molecular flexibility index (Phi) is 7.47. The zero-order valence-electron chi connectivity index (χ0n) is 20.6. The van der Waals surface area contributed by atoms with Crippen LogP contribution in [0, 0.1) is 0 Å². The molecule has 0 saturated carbocycles. The van der Waals surface area contributed by atoms with E-state index in [1.807, 2.05) is 0 Å². The number of phenolic OH excluding ortho intramolecular Hbond substituents is 3. The SMILES string of the molecule is O=c1cc(-c2ccc(O)cc2)oc2c(C3O[C@@H](CO)[C@H](O)[C@H]3O)c(O)c(C3O[C@H](CO)[C@@H](O)[C@H](O)[C@H]3O)c(O)c12. The number of benzene rings is 2. The minimum Gasteiger partial charge on any atom is -0.508 e. The molecular formula is C26H28O14.